The van der Waals surface area contributed by atoms with E-state index >= 15 is 0 Å². The van der Waals surface area contributed by atoms with Crippen molar-refractivity contribution in [1.82, 2.24) is 15.0 Å². The summed E-state index contributed by atoms with van der Waals surface area (Å²) in [5.74, 6) is 2.65. The molecule has 0 bridgehead atoms. The Morgan fingerprint density at radius 3 is 2.36 bits per heavy atom. The van der Waals surface area contributed by atoms with Crippen LogP contribution >= 0.6 is 0 Å². The highest BCUT2D eigenvalue weighted by Gasteiger charge is 2.19. The van der Waals surface area contributed by atoms with Gasteiger partial charge in [0, 0.05) is 44.3 Å². The zero-order valence-corrected chi connectivity index (χ0v) is 16.5. The van der Waals surface area contributed by atoms with E-state index in [-0.39, 0.29) is 0 Å². The molecular formula is C22H26N6. The van der Waals surface area contributed by atoms with Gasteiger partial charge >= 0.3 is 0 Å². The van der Waals surface area contributed by atoms with E-state index in [0.29, 0.717) is 5.95 Å². The zero-order valence-electron chi connectivity index (χ0n) is 16.5. The van der Waals surface area contributed by atoms with Gasteiger partial charge in [-0.1, -0.05) is 31.2 Å². The Hall–Kier alpha value is -3.15. The molecule has 0 amide bonds. The number of piperazine rings is 1. The Kier molecular flexibility index (Phi) is 5.37. The molecule has 0 unspecified atom stereocenters. The lowest BCUT2D eigenvalue weighted by molar-refractivity contribution is 0.641. The highest BCUT2D eigenvalue weighted by molar-refractivity contribution is 5.64. The van der Waals surface area contributed by atoms with Gasteiger partial charge in [0.15, 0.2) is 0 Å². The van der Waals surface area contributed by atoms with Crippen LogP contribution in [0.1, 0.15) is 18.1 Å². The standard InChI is InChI=1S/C22H26N6/c1-3-18-8-6-7-17(2)21(18)26-22-24-12-10-20(25-22)28-15-13-27(14-16-28)19-9-4-5-11-23-19/h4-12H,3,13-16H2,1-2H3,(H,24,25,26). The summed E-state index contributed by atoms with van der Waals surface area (Å²) in [6.45, 7) is 7.97. The Bertz CT molecular complexity index is 919. The third-order valence-electron chi connectivity index (χ3n) is 5.19. The van der Waals surface area contributed by atoms with E-state index in [1.165, 1.54) is 11.1 Å². The Balaban J connectivity index is 1.46. The van der Waals surface area contributed by atoms with Gasteiger partial charge in [-0.15, -0.1) is 0 Å². The monoisotopic (exact) mass is 374 g/mol. The zero-order chi connectivity index (χ0) is 19.3. The highest BCUT2D eigenvalue weighted by atomic mass is 15.3. The molecule has 144 valence electrons. The summed E-state index contributed by atoms with van der Waals surface area (Å²) in [5, 5.41) is 3.44. The first kappa shape index (κ1) is 18.2. The highest BCUT2D eigenvalue weighted by Crippen LogP contribution is 2.25. The predicted octanol–water partition coefficient (Wildman–Crippen LogP) is 3.81. The van der Waals surface area contributed by atoms with Crippen molar-refractivity contribution in [2.24, 2.45) is 0 Å². The smallest absolute Gasteiger partial charge is 0.229 e. The number of nitrogens with zero attached hydrogens (tertiary/aromatic N) is 5. The topological polar surface area (TPSA) is 57.2 Å². The van der Waals surface area contributed by atoms with Crippen molar-refractivity contribution >= 4 is 23.3 Å². The third kappa shape index (κ3) is 3.91. The van der Waals surface area contributed by atoms with Crippen LogP contribution in [-0.2, 0) is 6.42 Å². The number of hydrogen-bond donors (Lipinski definition) is 1. The first-order chi connectivity index (χ1) is 13.7. The van der Waals surface area contributed by atoms with Crippen molar-refractivity contribution < 1.29 is 0 Å². The second-order valence-corrected chi connectivity index (χ2v) is 6.99. The van der Waals surface area contributed by atoms with Gasteiger partial charge in [0.25, 0.3) is 0 Å². The molecule has 0 saturated carbocycles. The van der Waals surface area contributed by atoms with Gasteiger partial charge in [-0.25, -0.2) is 9.97 Å². The van der Waals surface area contributed by atoms with E-state index in [1.54, 1.807) is 0 Å². The van der Waals surface area contributed by atoms with E-state index in [4.69, 9.17) is 4.98 Å². The molecule has 6 nitrogen and oxygen atoms in total. The first-order valence-electron chi connectivity index (χ1n) is 9.84. The lowest BCUT2D eigenvalue weighted by Gasteiger charge is -2.36. The van der Waals surface area contributed by atoms with E-state index < -0.39 is 0 Å². The predicted molar refractivity (Wildman–Crippen MR) is 115 cm³/mol. The molecule has 4 rings (SSSR count). The molecular weight excluding hydrogens is 348 g/mol. The Morgan fingerprint density at radius 2 is 1.64 bits per heavy atom. The van der Waals surface area contributed by atoms with E-state index in [9.17, 15) is 0 Å². The molecule has 6 heteroatoms. The van der Waals surface area contributed by atoms with Crippen LogP contribution < -0.4 is 15.1 Å². The minimum atomic E-state index is 0.647. The molecule has 28 heavy (non-hydrogen) atoms. The van der Waals surface area contributed by atoms with Gasteiger partial charge in [-0.3, -0.25) is 0 Å². The number of nitrogens with one attached hydrogen (secondary N) is 1. The number of pyridine rings is 1. The van der Waals surface area contributed by atoms with Crippen LogP contribution in [0.5, 0.6) is 0 Å². The molecule has 1 fully saturated rings. The SMILES string of the molecule is CCc1cccc(C)c1Nc1nccc(N2CCN(c3ccccn3)CC2)n1. The molecule has 1 aliphatic rings. The minimum Gasteiger partial charge on any atom is -0.353 e. The van der Waals surface area contributed by atoms with Crippen LogP contribution in [0.3, 0.4) is 0 Å². The summed E-state index contributed by atoms with van der Waals surface area (Å²) in [6, 6.07) is 14.4. The van der Waals surface area contributed by atoms with Crippen LogP contribution in [0.15, 0.2) is 54.9 Å². The summed E-state index contributed by atoms with van der Waals surface area (Å²) in [5.41, 5.74) is 3.59. The van der Waals surface area contributed by atoms with Crippen LogP contribution in [0.4, 0.5) is 23.3 Å². The summed E-state index contributed by atoms with van der Waals surface area (Å²) in [6.07, 6.45) is 4.65. The van der Waals surface area contributed by atoms with Crippen molar-refractivity contribution in [3.63, 3.8) is 0 Å². The van der Waals surface area contributed by atoms with Crippen LogP contribution in [0.2, 0.25) is 0 Å². The van der Waals surface area contributed by atoms with Crippen LogP contribution in [0, 0.1) is 6.92 Å². The molecule has 0 aliphatic carbocycles. The number of para-hydroxylation sites is 1. The number of rotatable bonds is 5. The second-order valence-electron chi connectivity index (χ2n) is 6.99. The van der Waals surface area contributed by atoms with E-state index in [0.717, 1.165) is 49.9 Å². The van der Waals surface area contributed by atoms with E-state index in [2.05, 4.69) is 63.2 Å². The number of anilines is 4. The molecule has 1 N–H and O–H groups in total. The number of aryl methyl sites for hydroxylation is 2. The summed E-state index contributed by atoms with van der Waals surface area (Å²) in [4.78, 5) is 18.3. The van der Waals surface area contributed by atoms with Gasteiger partial charge in [-0.2, -0.15) is 4.98 Å². The lowest BCUT2D eigenvalue weighted by Crippen LogP contribution is -2.47. The number of aromatic nitrogens is 3. The fraction of sp³-hybridized carbons (Fsp3) is 0.318. The molecule has 0 spiro atoms. The maximum atomic E-state index is 4.78. The Morgan fingerprint density at radius 1 is 0.857 bits per heavy atom. The average molecular weight is 374 g/mol. The van der Waals surface area contributed by atoms with Gasteiger partial charge in [0.05, 0.1) is 0 Å². The second kappa shape index (κ2) is 8.25. The number of benzene rings is 1. The summed E-state index contributed by atoms with van der Waals surface area (Å²) >= 11 is 0. The van der Waals surface area contributed by atoms with Crippen molar-refractivity contribution in [3.05, 3.63) is 66.0 Å². The average Bonchev–Trinajstić information content (AvgIpc) is 2.76. The molecule has 2 aromatic heterocycles. The number of hydrogen-bond acceptors (Lipinski definition) is 6. The first-order valence-corrected chi connectivity index (χ1v) is 9.84. The van der Waals surface area contributed by atoms with Gasteiger partial charge in [-0.05, 0) is 42.7 Å². The summed E-state index contributed by atoms with van der Waals surface area (Å²) in [7, 11) is 0. The maximum absolute atomic E-state index is 4.78. The van der Waals surface area contributed by atoms with Crippen molar-refractivity contribution in [2.75, 3.05) is 41.3 Å². The quantitative estimate of drug-likeness (QED) is 0.733. The van der Waals surface area contributed by atoms with Gasteiger partial charge < -0.3 is 15.1 Å². The van der Waals surface area contributed by atoms with Crippen molar-refractivity contribution in [3.8, 4) is 0 Å². The van der Waals surface area contributed by atoms with Crippen molar-refractivity contribution in [1.29, 1.82) is 0 Å². The molecule has 3 heterocycles. The fourth-order valence-corrected chi connectivity index (χ4v) is 3.60. The molecule has 1 saturated heterocycles. The molecule has 0 atom stereocenters. The van der Waals surface area contributed by atoms with Crippen molar-refractivity contribution in [2.45, 2.75) is 20.3 Å². The Labute approximate surface area is 166 Å². The van der Waals surface area contributed by atoms with Gasteiger partial charge in [0.2, 0.25) is 5.95 Å². The summed E-state index contributed by atoms with van der Waals surface area (Å²) < 4.78 is 0. The maximum Gasteiger partial charge on any atom is 0.229 e. The van der Waals surface area contributed by atoms with Gasteiger partial charge in [0.1, 0.15) is 11.6 Å². The minimum absolute atomic E-state index is 0.647. The van der Waals surface area contributed by atoms with Crippen LogP contribution in [-0.4, -0.2) is 41.1 Å². The normalized spacial score (nSPS) is 14.2. The fourth-order valence-electron chi connectivity index (χ4n) is 3.60. The molecule has 3 aromatic rings. The molecule has 0 radical (unpaired) electrons. The van der Waals surface area contributed by atoms with Crippen LogP contribution in [0.25, 0.3) is 0 Å². The van der Waals surface area contributed by atoms with E-state index in [1.807, 2.05) is 30.6 Å². The molecule has 1 aliphatic heterocycles. The largest absolute Gasteiger partial charge is 0.353 e. The lowest BCUT2D eigenvalue weighted by atomic mass is 10.1. The third-order valence-corrected chi connectivity index (χ3v) is 5.19. The molecule has 1 aromatic carbocycles.